The Labute approximate surface area is 192 Å². The molecule has 0 unspecified atom stereocenters. The van der Waals surface area contributed by atoms with Crippen molar-refractivity contribution in [1.82, 2.24) is 29.8 Å². The number of aryl methyl sites for hydroxylation is 1. The molecule has 1 saturated carbocycles. The van der Waals surface area contributed by atoms with Gasteiger partial charge in [-0.3, -0.25) is 9.48 Å². The van der Waals surface area contributed by atoms with Crippen molar-refractivity contribution < 1.29 is 13.5 Å². The molecule has 0 N–H and O–H groups in total. The van der Waals surface area contributed by atoms with E-state index in [1.165, 1.54) is 13.1 Å². The maximum absolute atomic E-state index is 14.7. The summed E-state index contributed by atoms with van der Waals surface area (Å²) in [7, 11) is 1.49. The van der Waals surface area contributed by atoms with Gasteiger partial charge in [-0.15, -0.1) is 5.10 Å². The molecule has 1 aliphatic heterocycles. The lowest BCUT2D eigenvalue weighted by Gasteiger charge is -2.21. The first-order valence-electron chi connectivity index (χ1n) is 11.0. The van der Waals surface area contributed by atoms with E-state index in [2.05, 4.69) is 20.4 Å². The van der Waals surface area contributed by atoms with Gasteiger partial charge in [-0.25, -0.2) is 18.4 Å². The highest BCUT2D eigenvalue weighted by Crippen LogP contribution is 2.37. The van der Waals surface area contributed by atoms with Crippen LogP contribution in [-0.4, -0.2) is 36.4 Å². The Morgan fingerprint density at radius 3 is 2.82 bits per heavy atom. The van der Waals surface area contributed by atoms with Crippen molar-refractivity contribution in [3.63, 3.8) is 0 Å². The Morgan fingerprint density at radius 1 is 1.18 bits per heavy atom. The van der Waals surface area contributed by atoms with Crippen LogP contribution in [0.4, 0.5) is 8.78 Å². The number of hydrogen-bond acceptors (Lipinski definition) is 6. The van der Waals surface area contributed by atoms with Gasteiger partial charge in [-0.05, 0) is 49.1 Å². The second-order valence-corrected chi connectivity index (χ2v) is 8.61. The standard InChI is InChI=1S/C24H20F2N6O2/c1-31-24(33)18-10-20(28-22(23(18)29-30-31)17-5-2-15(25)9-19(17)26)13-6-7-34-21(8-13)14-11-27-32(12-14)16-3-4-16/h2,5,8-12,16,21H,3-4,6-7H2,1H3/t21-/m1/s1. The molecule has 2 aliphatic rings. The highest BCUT2D eigenvalue weighted by molar-refractivity contribution is 5.92. The minimum atomic E-state index is -0.792. The third-order valence-corrected chi connectivity index (χ3v) is 6.20. The third kappa shape index (κ3) is 3.60. The van der Waals surface area contributed by atoms with Gasteiger partial charge in [0.25, 0.3) is 5.56 Å². The third-order valence-electron chi connectivity index (χ3n) is 6.20. The van der Waals surface area contributed by atoms with Gasteiger partial charge in [-0.2, -0.15) is 5.10 Å². The number of halogens is 2. The molecule has 1 fully saturated rings. The molecule has 0 radical (unpaired) electrons. The molecular weight excluding hydrogens is 442 g/mol. The number of benzene rings is 1. The van der Waals surface area contributed by atoms with E-state index < -0.39 is 11.6 Å². The zero-order valence-electron chi connectivity index (χ0n) is 18.3. The van der Waals surface area contributed by atoms with Crippen LogP contribution in [0.3, 0.4) is 0 Å². The summed E-state index contributed by atoms with van der Waals surface area (Å²) in [6.07, 6.45) is 8.29. The second-order valence-electron chi connectivity index (χ2n) is 8.61. The fraction of sp³-hybridized carbons (Fsp3) is 0.292. The van der Waals surface area contributed by atoms with Gasteiger partial charge in [0.15, 0.2) is 0 Å². The maximum Gasteiger partial charge on any atom is 0.277 e. The van der Waals surface area contributed by atoms with Crippen LogP contribution in [-0.2, 0) is 11.8 Å². The quantitative estimate of drug-likeness (QED) is 0.459. The lowest BCUT2D eigenvalue weighted by Crippen LogP contribution is -2.22. The molecule has 172 valence electrons. The van der Waals surface area contributed by atoms with Crippen molar-refractivity contribution in [2.45, 2.75) is 31.4 Å². The SMILES string of the molecule is Cn1nnc2c(-c3ccc(F)cc3F)nc(C3=C[C@H](c4cnn(C5CC5)c4)OCC3)cc2c1=O. The first kappa shape index (κ1) is 20.8. The van der Waals surface area contributed by atoms with E-state index in [0.29, 0.717) is 24.8 Å². The molecule has 0 spiro atoms. The van der Waals surface area contributed by atoms with Crippen molar-refractivity contribution in [1.29, 1.82) is 0 Å². The van der Waals surface area contributed by atoms with Crippen LogP contribution in [0.15, 0.2) is 47.5 Å². The van der Waals surface area contributed by atoms with E-state index in [1.807, 2.05) is 17.0 Å². The summed E-state index contributed by atoms with van der Waals surface area (Å²) >= 11 is 0. The summed E-state index contributed by atoms with van der Waals surface area (Å²) in [5.74, 6) is -1.50. The normalized spacial score (nSPS) is 18.3. The number of ether oxygens (including phenoxy) is 1. The van der Waals surface area contributed by atoms with E-state index in [0.717, 1.165) is 40.8 Å². The summed E-state index contributed by atoms with van der Waals surface area (Å²) in [5.41, 5.74) is 2.28. The van der Waals surface area contributed by atoms with Crippen molar-refractivity contribution in [2.24, 2.45) is 7.05 Å². The Morgan fingerprint density at radius 2 is 2.03 bits per heavy atom. The summed E-state index contributed by atoms with van der Waals surface area (Å²) in [6.45, 7) is 0.456. The smallest absolute Gasteiger partial charge is 0.277 e. The zero-order valence-corrected chi connectivity index (χ0v) is 18.3. The van der Waals surface area contributed by atoms with Gasteiger partial charge in [0.1, 0.15) is 28.9 Å². The summed E-state index contributed by atoms with van der Waals surface area (Å²) in [5, 5.41) is 12.6. The minimum absolute atomic E-state index is 0.0470. The zero-order chi connectivity index (χ0) is 23.4. The maximum atomic E-state index is 14.7. The molecule has 34 heavy (non-hydrogen) atoms. The summed E-state index contributed by atoms with van der Waals surface area (Å²) in [4.78, 5) is 17.5. The molecule has 8 nitrogen and oxygen atoms in total. The van der Waals surface area contributed by atoms with E-state index in [-0.39, 0.29) is 33.8 Å². The largest absolute Gasteiger partial charge is 0.369 e. The molecule has 0 saturated heterocycles. The van der Waals surface area contributed by atoms with Crippen LogP contribution in [0.1, 0.15) is 42.7 Å². The Bertz CT molecular complexity index is 1520. The molecule has 4 aromatic rings. The molecular formula is C24H20F2N6O2. The predicted octanol–water partition coefficient (Wildman–Crippen LogP) is 3.75. The average Bonchev–Trinajstić information content (AvgIpc) is 3.57. The lowest BCUT2D eigenvalue weighted by molar-refractivity contribution is 0.0826. The first-order valence-corrected chi connectivity index (χ1v) is 11.0. The monoisotopic (exact) mass is 462 g/mol. The lowest BCUT2D eigenvalue weighted by atomic mass is 9.99. The van der Waals surface area contributed by atoms with Gasteiger partial charge >= 0.3 is 0 Å². The number of aromatic nitrogens is 6. The van der Waals surface area contributed by atoms with E-state index in [1.54, 1.807) is 12.3 Å². The van der Waals surface area contributed by atoms with Crippen molar-refractivity contribution >= 4 is 16.5 Å². The number of hydrogen-bond donors (Lipinski definition) is 0. The highest BCUT2D eigenvalue weighted by Gasteiger charge is 2.27. The van der Waals surface area contributed by atoms with Gasteiger partial charge in [-0.1, -0.05) is 5.21 Å². The van der Waals surface area contributed by atoms with E-state index in [4.69, 9.17) is 4.74 Å². The Balaban J connectivity index is 1.50. The fourth-order valence-corrected chi connectivity index (χ4v) is 4.22. The van der Waals surface area contributed by atoms with Crippen molar-refractivity contribution in [2.75, 3.05) is 6.61 Å². The van der Waals surface area contributed by atoms with E-state index in [9.17, 15) is 13.6 Å². The predicted molar refractivity (Wildman–Crippen MR) is 120 cm³/mol. The van der Waals surface area contributed by atoms with Gasteiger partial charge in [0.2, 0.25) is 0 Å². The van der Waals surface area contributed by atoms with Crippen molar-refractivity contribution in [3.8, 4) is 11.3 Å². The first-order chi connectivity index (χ1) is 16.5. The van der Waals surface area contributed by atoms with Gasteiger partial charge < -0.3 is 4.74 Å². The van der Waals surface area contributed by atoms with Crippen LogP contribution in [0.2, 0.25) is 0 Å². The van der Waals surface area contributed by atoms with Crippen LogP contribution < -0.4 is 5.56 Å². The van der Waals surface area contributed by atoms with E-state index >= 15 is 0 Å². The van der Waals surface area contributed by atoms with Gasteiger partial charge in [0.05, 0.1) is 29.9 Å². The molecule has 4 heterocycles. The fourth-order valence-electron chi connectivity index (χ4n) is 4.22. The second kappa shape index (κ2) is 7.91. The molecule has 1 atom stereocenters. The Kier molecular flexibility index (Phi) is 4.84. The van der Waals surface area contributed by atoms with Crippen LogP contribution in [0.5, 0.6) is 0 Å². The highest BCUT2D eigenvalue weighted by atomic mass is 19.1. The van der Waals surface area contributed by atoms with Crippen LogP contribution >= 0.6 is 0 Å². The molecule has 1 aromatic carbocycles. The number of pyridine rings is 1. The molecule has 3 aromatic heterocycles. The van der Waals surface area contributed by atoms with Crippen LogP contribution in [0, 0.1) is 11.6 Å². The summed E-state index contributed by atoms with van der Waals surface area (Å²) < 4.78 is 37.3. The average molecular weight is 462 g/mol. The molecule has 10 heteroatoms. The number of rotatable bonds is 4. The Hall–Kier alpha value is -3.79. The number of nitrogens with zero attached hydrogens (tertiary/aromatic N) is 6. The molecule has 0 bridgehead atoms. The van der Waals surface area contributed by atoms with Crippen molar-refractivity contribution in [3.05, 3.63) is 76.0 Å². The molecule has 1 aliphatic carbocycles. The minimum Gasteiger partial charge on any atom is -0.369 e. The summed E-state index contributed by atoms with van der Waals surface area (Å²) in [6, 6.07) is 5.34. The number of fused-ring (bicyclic) bond motifs is 1. The van der Waals surface area contributed by atoms with Crippen LogP contribution in [0.25, 0.3) is 27.7 Å². The topological polar surface area (TPSA) is 87.7 Å². The molecule has 6 rings (SSSR count). The molecule has 0 amide bonds. The van der Waals surface area contributed by atoms with Gasteiger partial charge in [0, 0.05) is 30.4 Å².